The molecule has 4 heteroatoms. The van der Waals surface area contributed by atoms with Gasteiger partial charge in [0.05, 0.1) is 5.54 Å². The molecule has 0 aliphatic heterocycles. The Hall–Kier alpha value is -1.45. The molecule has 2 aromatic carbocycles. The van der Waals surface area contributed by atoms with E-state index in [0.717, 1.165) is 0 Å². The second kappa shape index (κ2) is 4.67. The molecule has 0 heterocycles. The molecule has 2 aromatic rings. The molecular formula is C14H12ClF2N. The van der Waals surface area contributed by atoms with Gasteiger partial charge < -0.3 is 5.73 Å². The predicted molar refractivity (Wildman–Crippen MR) is 68.5 cm³/mol. The van der Waals surface area contributed by atoms with E-state index in [1.54, 1.807) is 24.3 Å². The molecule has 0 aliphatic rings. The summed E-state index contributed by atoms with van der Waals surface area (Å²) in [5.74, 6) is -1.36. The van der Waals surface area contributed by atoms with Gasteiger partial charge in [-0.15, -0.1) is 0 Å². The molecule has 0 spiro atoms. The minimum atomic E-state index is -1.33. The fraction of sp³-hybridized carbons (Fsp3) is 0.143. The van der Waals surface area contributed by atoms with E-state index in [9.17, 15) is 8.78 Å². The Balaban J connectivity index is 2.66. The molecule has 2 N–H and O–H groups in total. The fourth-order valence-electron chi connectivity index (χ4n) is 2.01. The number of benzene rings is 2. The molecule has 1 atom stereocenters. The second-order valence-corrected chi connectivity index (χ2v) is 4.69. The van der Waals surface area contributed by atoms with E-state index in [2.05, 4.69) is 0 Å². The first-order chi connectivity index (χ1) is 8.44. The molecular weight excluding hydrogens is 256 g/mol. The van der Waals surface area contributed by atoms with Crippen molar-refractivity contribution in [1.82, 2.24) is 0 Å². The van der Waals surface area contributed by atoms with Crippen LogP contribution in [0.1, 0.15) is 18.1 Å². The van der Waals surface area contributed by atoms with Crippen LogP contribution in [0.4, 0.5) is 8.78 Å². The topological polar surface area (TPSA) is 26.0 Å². The Morgan fingerprint density at radius 1 is 1.00 bits per heavy atom. The quantitative estimate of drug-likeness (QED) is 0.879. The zero-order valence-electron chi connectivity index (χ0n) is 9.75. The monoisotopic (exact) mass is 267 g/mol. The van der Waals surface area contributed by atoms with Crippen molar-refractivity contribution in [2.75, 3.05) is 0 Å². The lowest BCUT2D eigenvalue weighted by atomic mass is 9.85. The summed E-state index contributed by atoms with van der Waals surface area (Å²) >= 11 is 6.04. The summed E-state index contributed by atoms with van der Waals surface area (Å²) < 4.78 is 27.6. The van der Waals surface area contributed by atoms with Crippen LogP contribution in [0.15, 0.2) is 42.5 Å². The number of hydrogen-bond acceptors (Lipinski definition) is 1. The molecule has 0 saturated carbocycles. The van der Waals surface area contributed by atoms with E-state index in [1.807, 2.05) is 0 Å². The van der Waals surface area contributed by atoms with Crippen LogP contribution in [0.2, 0.25) is 5.02 Å². The van der Waals surface area contributed by atoms with Crippen molar-refractivity contribution in [2.24, 2.45) is 5.73 Å². The van der Waals surface area contributed by atoms with Gasteiger partial charge in [0.1, 0.15) is 11.6 Å². The van der Waals surface area contributed by atoms with Gasteiger partial charge in [0.15, 0.2) is 0 Å². The highest BCUT2D eigenvalue weighted by molar-refractivity contribution is 6.31. The molecule has 0 aliphatic carbocycles. The van der Waals surface area contributed by atoms with Crippen LogP contribution in [-0.4, -0.2) is 0 Å². The van der Waals surface area contributed by atoms with E-state index < -0.39 is 17.2 Å². The molecule has 0 saturated heterocycles. The number of rotatable bonds is 2. The third-order valence-corrected chi connectivity index (χ3v) is 3.25. The van der Waals surface area contributed by atoms with Crippen LogP contribution >= 0.6 is 11.6 Å². The average Bonchev–Trinajstić information content (AvgIpc) is 2.28. The van der Waals surface area contributed by atoms with E-state index in [-0.39, 0.29) is 5.56 Å². The highest BCUT2D eigenvalue weighted by atomic mass is 35.5. The van der Waals surface area contributed by atoms with Gasteiger partial charge >= 0.3 is 0 Å². The van der Waals surface area contributed by atoms with Crippen molar-refractivity contribution in [3.63, 3.8) is 0 Å². The molecule has 0 radical (unpaired) electrons. The van der Waals surface area contributed by atoms with Crippen LogP contribution in [-0.2, 0) is 5.54 Å². The molecule has 1 unspecified atom stereocenters. The van der Waals surface area contributed by atoms with Gasteiger partial charge in [0.25, 0.3) is 0 Å². The van der Waals surface area contributed by atoms with Crippen LogP contribution in [0, 0.1) is 11.6 Å². The Bertz CT molecular complexity index is 562. The van der Waals surface area contributed by atoms with E-state index in [0.29, 0.717) is 10.6 Å². The summed E-state index contributed by atoms with van der Waals surface area (Å²) in [6, 6.07) is 10.4. The van der Waals surface area contributed by atoms with Crippen molar-refractivity contribution < 1.29 is 8.78 Å². The van der Waals surface area contributed by atoms with Crippen molar-refractivity contribution >= 4 is 11.6 Å². The fourth-order valence-corrected chi connectivity index (χ4v) is 2.34. The molecule has 0 amide bonds. The Morgan fingerprint density at radius 2 is 1.56 bits per heavy atom. The molecule has 1 nitrogen and oxygen atoms in total. The zero-order chi connectivity index (χ0) is 13.3. The average molecular weight is 268 g/mol. The van der Waals surface area contributed by atoms with Crippen LogP contribution in [0.25, 0.3) is 0 Å². The minimum absolute atomic E-state index is 0.182. The van der Waals surface area contributed by atoms with E-state index >= 15 is 0 Å². The van der Waals surface area contributed by atoms with Crippen LogP contribution < -0.4 is 5.73 Å². The summed E-state index contributed by atoms with van der Waals surface area (Å²) in [4.78, 5) is 0. The predicted octanol–water partition coefficient (Wildman–Crippen LogP) is 3.84. The number of nitrogens with two attached hydrogens (primary N) is 1. The maximum Gasteiger partial charge on any atom is 0.131 e. The van der Waals surface area contributed by atoms with Gasteiger partial charge in [-0.25, -0.2) is 8.78 Å². The van der Waals surface area contributed by atoms with Crippen LogP contribution in [0.3, 0.4) is 0 Å². The first-order valence-corrected chi connectivity index (χ1v) is 5.80. The van der Waals surface area contributed by atoms with Gasteiger partial charge in [0, 0.05) is 10.6 Å². The molecule has 0 bridgehead atoms. The summed E-state index contributed by atoms with van der Waals surface area (Å²) in [7, 11) is 0. The SMILES string of the molecule is CC(N)(c1ccccc1Cl)c1c(F)cccc1F. The van der Waals surface area contributed by atoms with Crippen molar-refractivity contribution in [1.29, 1.82) is 0 Å². The van der Waals surface area contributed by atoms with Crippen molar-refractivity contribution in [3.8, 4) is 0 Å². The Morgan fingerprint density at radius 3 is 2.11 bits per heavy atom. The maximum atomic E-state index is 13.8. The molecule has 2 rings (SSSR count). The standard InChI is InChI=1S/C14H12ClF2N/c1-14(18,9-5-2-3-6-10(9)15)13-11(16)7-4-8-12(13)17/h2-8H,18H2,1H3. The van der Waals surface area contributed by atoms with Gasteiger partial charge in [0.2, 0.25) is 0 Å². The third-order valence-electron chi connectivity index (χ3n) is 2.92. The van der Waals surface area contributed by atoms with E-state index in [4.69, 9.17) is 17.3 Å². The van der Waals surface area contributed by atoms with Gasteiger partial charge in [-0.2, -0.15) is 0 Å². The first kappa shape index (κ1) is 13.0. The number of halogens is 3. The summed E-state index contributed by atoms with van der Waals surface area (Å²) in [5.41, 5.74) is 5.07. The molecule has 0 aromatic heterocycles. The van der Waals surface area contributed by atoms with Crippen molar-refractivity contribution in [3.05, 3.63) is 70.2 Å². The smallest absolute Gasteiger partial charge is 0.131 e. The highest BCUT2D eigenvalue weighted by Gasteiger charge is 2.31. The van der Waals surface area contributed by atoms with E-state index in [1.165, 1.54) is 25.1 Å². The molecule has 94 valence electrons. The summed E-state index contributed by atoms with van der Waals surface area (Å²) in [6.45, 7) is 1.54. The third kappa shape index (κ3) is 2.11. The summed E-state index contributed by atoms with van der Waals surface area (Å²) in [6.07, 6.45) is 0. The normalized spacial score (nSPS) is 14.3. The lowest BCUT2D eigenvalue weighted by Crippen LogP contribution is -2.36. The van der Waals surface area contributed by atoms with Gasteiger partial charge in [-0.3, -0.25) is 0 Å². The van der Waals surface area contributed by atoms with Gasteiger partial charge in [-0.1, -0.05) is 35.9 Å². The second-order valence-electron chi connectivity index (χ2n) is 4.28. The zero-order valence-corrected chi connectivity index (χ0v) is 10.5. The van der Waals surface area contributed by atoms with Crippen LogP contribution in [0.5, 0.6) is 0 Å². The lowest BCUT2D eigenvalue weighted by Gasteiger charge is -2.27. The summed E-state index contributed by atoms with van der Waals surface area (Å²) in [5, 5.41) is 0.380. The Kier molecular flexibility index (Phi) is 3.37. The molecule has 0 fully saturated rings. The van der Waals surface area contributed by atoms with Gasteiger partial charge in [-0.05, 0) is 30.7 Å². The first-order valence-electron chi connectivity index (χ1n) is 5.43. The highest BCUT2D eigenvalue weighted by Crippen LogP contribution is 2.34. The minimum Gasteiger partial charge on any atom is -0.318 e. The largest absolute Gasteiger partial charge is 0.318 e. The lowest BCUT2D eigenvalue weighted by molar-refractivity contribution is 0.482. The van der Waals surface area contributed by atoms with Crippen molar-refractivity contribution in [2.45, 2.75) is 12.5 Å². The Labute approximate surface area is 109 Å². The number of hydrogen-bond donors (Lipinski definition) is 1. The maximum absolute atomic E-state index is 13.8. The molecule has 18 heavy (non-hydrogen) atoms.